The van der Waals surface area contributed by atoms with E-state index < -0.39 is 17.6 Å². The molecule has 6 heteroatoms. The van der Waals surface area contributed by atoms with Crippen LogP contribution in [0.5, 0.6) is 0 Å². The minimum absolute atomic E-state index is 0.264. The van der Waals surface area contributed by atoms with E-state index in [1.165, 1.54) is 19.2 Å². The van der Waals surface area contributed by atoms with Gasteiger partial charge >= 0.3 is 5.97 Å². The minimum Gasteiger partial charge on any atom is -0.465 e. The molecule has 0 aliphatic heterocycles. The van der Waals surface area contributed by atoms with Gasteiger partial charge in [-0.3, -0.25) is 0 Å². The second-order valence-electron chi connectivity index (χ2n) is 3.82. The molecule has 0 saturated carbocycles. The lowest BCUT2D eigenvalue weighted by Crippen LogP contribution is -1.98. The maximum atomic E-state index is 13.8. The number of carbonyl (C=O) groups excluding carboxylic acids is 1. The van der Waals surface area contributed by atoms with Gasteiger partial charge in [0.25, 0.3) is 0 Å². The Morgan fingerprint density at radius 3 is 2.63 bits per heavy atom. The third kappa shape index (κ3) is 2.55. The Hall–Kier alpha value is -1.27. The number of methoxy groups -OCH3 is 1. The fourth-order valence-corrected chi connectivity index (χ4v) is 3.53. The van der Waals surface area contributed by atoms with Gasteiger partial charge in [-0.25, -0.2) is 13.6 Å². The summed E-state index contributed by atoms with van der Waals surface area (Å²) >= 11 is 4.40. The molecule has 2 aromatic rings. The Bertz CT molecular complexity index is 652. The zero-order valence-electron chi connectivity index (χ0n) is 10.1. The van der Waals surface area contributed by atoms with Crippen LogP contribution in [0.4, 0.5) is 8.78 Å². The van der Waals surface area contributed by atoms with E-state index in [0.29, 0.717) is 14.2 Å². The summed E-state index contributed by atoms with van der Waals surface area (Å²) in [6.07, 6.45) is 0. The van der Waals surface area contributed by atoms with Gasteiger partial charge in [-0.2, -0.15) is 0 Å². The van der Waals surface area contributed by atoms with Crippen LogP contribution in [0, 0.1) is 18.6 Å². The maximum absolute atomic E-state index is 13.8. The van der Waals surface area contributed by atoms with Crippen LogP contribution in [0.1, 0.15) is 15.2 Å². The molecule has 100 valence electrons. The molecule has 0 aliphatic carbocycles. The van der Waals surface area contributed by atoms with Crippen molar-refractivity contribution in [3.05, 3.63) is 44.7 Å². The van der Waals surface area contributed by atoms with Crippen molar-refractivity contribution in [1.29, 1.82) is 0 Å². The Morgan fingerprint density at radius 1 is 1.37 bits per heavy atom. The van der Waals surface area contributed by atoms with Crippen molar-refractivity contribution in [2.75, 3.05) is 7.11 Å². The fourth-order valence-electron chi connectivity index (χ4n) is 1.65. The molecule has 0 aliphatic rings. The SMILES string of the molecule is COC(=O)c1sc(-c2ccc(F)cc2F)c(C)c1Br. The van der Waals surface area contributed by atoms with Crippen LogP contribution in [-0.4, -0.2) is 13.1 Å². The average molecular weight is 347 g/mol. The van der Waals surface area contributed by atoms with Crippen molar-refractivity contribution in [2.45, 2.75) is 6.92 Å². The second kappa shape index (κ2) is 5.38. The number of carbonyl (C=O) groups is 1. The molecule has 0 spiro atoms. The number of thiophene rings is 1. The summed E-state index contributed by atoms with van der Waals surface area (Å²) in [5, 5.41) is 0. The highest BCUT2D eigenvalue weighted by Crippen LogP contribution is 2.40. The first kappa shape index (κ1) is 14.1. The lowest BCUT2D eigenvalue weighted by Gasteiger charge is -2.02. The minimum atomic E-state index is -0.659. The zero-order chi connectivity index (χ0) is 14.2. The van der Waals surface area contributed by atoms with E-state index in [1.807, 2.05) is 0 Å². The molecule has 1 heterocycles. The topological polar surface area (TPSA) is 26.3 Å². The molecule has 0 bridgehead atoms. The number of hydrogen-bond acceptors (Lipinski definition) is 3. The first-order valence-electron chi connectivity index (χ1n) is 5.28. The number of benzene rings is 1. The van der Waals surface area contributed by atoms with Crippen molar-refractivity contribution in [3.8, 4) is 10.4 Å². The fraction of sp³-hybridized carbons (Fsp3) is 0.154. The van der Waals surface area contributed by atoms with Crippen LogP contribution in [-0.2, 0) is 4.74 Å². The van der Waals surface area contributed by atoms with Gasteiger partial charge in [-0.1, -0.05) is 0 Å². The van der Waals surface area contributed by atoms with E-state index in [2.05, 4.69) is 20.7 Å². The monoisotopic (exact) mass is 346 g/mol. The molecule has 0 amide bonds. The maximum Gasteiger partial charge on any atom is 0.349 e. The Balaban J connectivity index is 2.60. The first-order chi connectivity index (χ1) is 8.95. The van der Waals surface area contributed by atoms with Gasteiger partial charge in [0.05, 0.1) is 7.11 Å². The third-order valence-electron chi connectivity index (χ3n) is 2.62. The van der Waals surface area contributed by atoms with Crippen LogP contribution < -0.4 is 0 Å². The standard InChI is InChI=1S/C13H9BrF2O2S/c1-6-10(14)12(13(17)18-2)19-11(6)8-4-3-7(15)5-9(8)16/h3-5H,1-2H3. The summed E-state index contributed by atoms with van der Waals surface area (Å²) in [5.74, 6) is -1.79. The van der Waals surface area contributed by atoms with Gasteiger partial charge in [0.15, 0.2) is 0 Å². The van der Waals surface area contributed by atoms with Crippen LogP contribution in [0.15, 0.2) is 22.7 Å². The highest BCUT2D eigenvalue weighted by atomic mass is 79.9. The van der Waals surface area contributed by atoms with E-state index >= 15 is 0 Å². The number of hydrogen-bond donors (Lipinski definition) is 0. The Kier molecular flexibility index (Phi) is 4.01. The number of rotatable bonds is 2. The lowest BCUT2D eigenvalue weighted by molar-refractivity contribution is 0.0605. The molecular formula is C13H9BrF2O2S. The molecule has 0 N–H and O–H groups in total. The highest BCUT2D eigenvalue weighted by Gasteiger charge is 2.21. The molecule has 0 unspecified atom stereocenters. The summed E-state index contributed by atoms with van der Waals surface area (Å²) in [7, 11) is 1.28. The van der Waals surface area contributed by atoms with E-state index in [0.717, 1.165) is 23.0 Å². The lowest BCUT2D eigenvalue weighted by atomic mass is 10.1. The molecule has 1 aromatic heterocycles. The van der Waals surface area contributed by atoms with Crippen molar-refractivity contribution in [1.82, 2.24) is 0 Å². The van der Waals surface area contributed by atoms with Crippen molar-refractivity contribution in [3.63, 3.8) is 0 Å². The van der Waals surface area contributed by atoms with Gasteiger partial charge in [-0.05, 0) is 40.5 Å². The van der Waals surface area contributed by atoms with Gasteiger partial charge in [0.2, 0.25) is 0 Å². The second-order valence-corrected chi connectivity index (χ2v) is 5.63. The predicted octanol–water partition coefficient (Wildman–Crippen LogP) is 4.55. The molecule has 0 radical (unpaired) electrons. The summed E-state index contributed by atoms with van der Waals surface area (Å²) < 4.78 is 31.9. The van der Waals surface area contributed by atoms with Crippen LogP contribution >= 0.6 is 27.3 Å². The Morgan fingerprint density at radius 2 is 2.05 bits per heavy atom. The van der Waals surface area contributed by atoms with Gasteiger partial charge < -0.3 is 4.74 Å². The zero-order valence-corrected chi connectivity index (χ0v) is 12.5. The largest absolute Gasteiger partial charge is 0.465 e. The summed E-state index contributed by atoms with van der Waals surface area (Å²) in [6.45, 7) is 1.76. The van der Waals surface area contributed by atoms with Crippen LogP contribution in [0.25, 0.3) is 10.4 Å². The molecule has 19 heavy (non-hydrogen) atoms. The van der Waals surface area contributed by atoms with Gasteiger partial charge in [0.1, 0.15) is 16.5 Å². The van der Waals surface area contributed by atoms with E-state index in [9.17, 15) is 13.6 Å². The smallest absolute Gasteiger partial charge is 0.349 e. The molecule has 2 rings (SSSR count). The van der Waals surface area contributed by atoms with Crippen LogP contribution in [0.2, 0.25) is 0 Å². The normalized spacial score (nSPS) is 10.6. The summed E-state index contributed by atoms with van der Waals surface area (Å²) in [4.78, 5) is 12.5. The van der Waals surface area contributed by atoms with E-state index in [4.69, 9.17) is 0 Å². The first-order valence-corrected chi connectivity index (χ1v) is 6.89. The quantitative estimate of drug-likeness (QED) is 0.745. The van der Waals surface area contributed by atoms with E-state index in [-0.39, 0.29) is 5.56 Å². The summed E-state index contributed by atoms with van der Waals surface area (Å²) in [6, 6.07) is 3.36. The van der Waals surface area contributed by atoms with Crippen molar-refractivity contribution in [2.24, 2.45) is 0 Å². The van der Waals surface area contributed by atoms with Gasteiger partial charge in [-0.15, -0.1) is 11.3 Å². The highest BCUT2D eigenvalue weighted by molar-refractivity contribution is 9.10. The third-order valence-corrected chi connectivity index (χ3v) is 5.18. The predicted molar refractivity (Wildman–Crippen MR) is 73.4 cm³/mol. The number of halogens is 3. The summed E-state index contributed by atoms with van der Waals surface area (Å²) in [5.41, 5.74) is 0.982. The van der Waals surface area contributed by atoms with Gasteiger partial charge in [0, 0.05) is 21.0 Å². The molecular weight excluding hydrogens is 338 g/mol. The average Bonchev–Trinajstić information content (AvgIpc) is 2.66. The van der Waals surface area contributed by atoms with Crippen molar-refractivity contribution >= 4 is 33.2 Å². The molecule has 2 nitrogen and oxygen atoms in total. The number of esters is 1. The molecule has 0 atom stereocenters. The van der Waals surface area contributed by atoms with E-state index in [1.54, 1.807) is 6.92 Å². The number of ether oxygens (including phenoxy) is 1. The van der Waals surface area contributed by atoms with Crippen molar-refractivity contribution < 1.29 is 18.3 Å². The molecule has 0 fully saturated rings. The Labute approximate surface area is 121 Å². The molecule has 1 aromatic carbocycles. The molecule has 0 saturated heterocycles. The van der Waals surface area contributed by atoms with Crippen LogP contribution in [0.3, 0.4) is 0 Å².